The van der Waals surface area contributed by atoms with Gasteiger partial charge in [-0.3, -0.25) is 9.97 Å². The summed E-state index contributed by atoms with van der Waals surface area (Å²) in [4.78, 5) is 7.95. The molecule has 4 nitrogen and oxygen atoms in total. The predicted molar refractivity (Wildman–Crippen MR) is 62.0 cm³/mol. The van der Waals surface area contributed by atoms with Gasteiger partial charge in [-0.1, -0.05) is 11.6 Å². The maximum Gasteiger partial charge on any atom is 0.124 e. The van der Waals surface area contributed by atoms with Gasteiger partial charge in [0.05, 0.1) is 10.7 Å². The lowest BCUT2D eigenvalue weighted by atomic mass is 10.1. The quantitative estimate of drug-likeness (QED) is 0.833. The second-order valence-electron chi connectivity index (χ2n) is 3.31. The van der Waals surface area contributed by atoms with Crippen LogP contribution in [0.25, 0.3) is 0 Å². The SMILES string of the molecule is Nc1ccncc1C(O)c1ccc(Cl)cn1. The van der Waals surface area contributed by atoms with Crippen LogP contribution in [0.5, 0.6) is 0 Å². The van der Waals surface area contributed by atoms with Gasteiger partial charge in [0.25, 0.3) is 0 Å². The first-order chi connectivity index (χ1) is 7.68. The molecule has 0 radical (unpaired) electrons. The smallest absolute Gasteiger partial charge is 0.124 e. The van der Waals surface area contributed by atoms with Crippen molar-refractivity contribution >= 4 is 17.3 Å². The van der Waals surface area contributed by atoms with Crippen LogP contribution in [0.1, 0.15) is 17.4 Å². The Morgan fingerprint density at radius 1 is 1.25 bits per heavy atom. The van der Waals surface area contributed by atoms with Gasteiger partial charge in [0.15, 0.2) is 0 Å². The minimum atomic E-state index is -0.883. The monoisotopic (exact) mass is 235 g/mol. The third-order valence-corrected chi connectivity index (χ3v) is 2.44. The molecule has 1 atom stereocenters. The van der Waals surface area contributed by atoms with Gasteiger partial charge in [0, 0.05) is 29.8 Å². The van der Waals surface area contributed by atoms with Crippen LogP contribution in [-0.2, 0) is 0 Å². The number of aliphatic hydroxyl groups excluding tert-OH is 1. The normalized spacial score (nSPS) is 12.4. The third-order valence-electron chi connectivity index (χ3n) is 2.21. The number of halogens is 1. The Kier molecular flexibility index (Phi) is 3.03. The Hall–Kier alpha value is -1.65. The fourth-order valence-electron chi connectivity index (χ4n) is 1.35. The maximum atomic E-state index is 10.0. The van der Waals surface area contributed by atoms with Crippen LogP contribution >= 0.6 is 11.6 Å². The van der Waals surface area contributed by atoms with Gasteiger partial charge >= 0.3 is 0 Å². The van der Waals surface area contributed by atoms with Crippen LogP contribution in [0.4, 0.5) is 5.69 Å². The van der Waals surface area contributed by atoms with E-state index in [2.05, 4.69) is 9.97 Å². The molecule has 1 unspecified atom stereocenters. The first-order valence-electron chi connectivity index (χ1n) is 4.67. The molecule has 0 aromatic carbocycles. The zero-order chi connectivity index (χ0) is 11.5. The maximum absolute atomic E-state index is 10.0. The molecule has 0 aliphatic heterocycles. The van der Waals surface area contributed by atoms with Crippen LogP contribution in [-0.4, -0.2) is 15.1 Å². The number of nitrogen functional groups attached to an aromatic ring is 1. The third kappa shape index (κ3) is 2.13. The molecule has 2 aromatic rings. The summed E-state index contributed by atoms with van der Waals surface area (Å²) in [5.74, 6) is 0. The van der Waals surface area contributed by atoms with E-state index in [1.165, 1.54) is 12.4 Å². The summed E-state index contributed by atoms with van der Waals surface area (Å²) >= 11 is 5.71. The van der Waals surface area contributed by atoms with Crippen LogP contribution in [0.15, 0.2) is 36.8 Å². The number of hydrogen-bond acceptors (Lipinski definition) is 4. The fraction of sp³-hybridized carbons (Fsp3) is 0.0909. The number of hydrogen-bond donors (Lipinski definition) is 2. The van der Waals surface area contributed by atoms with Gasteiger partial charge in [-0.05, 0) is 18.2 Å². The predicted octanol–water partition coefficient (Wildman–Crippen LogP) is 1.79. The van der Waals surface area contributed by atoms with E-state index in [0.717, 1.165) is 0 Å². The molecule has 0 amide bonds. The van der Waals surface area contributed by atoms with Crippen molar-refractivity contribution in [3.63, 3.8) is 0 Å². The fourth-order valence-corrected chi connectivity index (χ4v) is 1.47. The number of anilines is 1. The summed E-state index contributed by atoms with van der Waals surface area (Å²) < 4.78 is 0. The molecule has 0 aliphatic carbocycles. The summed E-state index contributed by atoms with van der Waals surface area (Å²) in [6.45, 7) is 0. The zero-order valence-corrected chi connectivity index (χ0v) is 9.09. The van der Waals surface area contributed by atoms with Crippen LogP contribution in [0.2, 0.25) is 5.02 Å². The Morgan fingerprint density at radius 3 is 2.69 bits per heavy atom. The van der Waals surface area contributed by atoms with E-state index in [0.29, 0.717) is 22.0 Å². The van der Waals surface area contributed by atoms with Crippen molar-refractivity contribution in [2.75, 3.05) is 5.73 Å². The largest absolute Gasteiger partial charge is 0.398 e. The molecular formula is C11H10ClN3O. The topological polar surface area (TPSA) is 72.0 Å². The Balaban J connectivity index is 2.35. The Labute approximate surface area is 97.7 Å². The van der Waals surface area contributed by atoms with E-state index in [1.807, 2.05) is 0 Å². The molecular weight excluding hydrogens is 226 g/mol. The van der Waals surface area contributed by atoms with E-state index >= 15 is 0 Å². The molecule has 0 fully saturated rings. The molecule has 0 bridgehead atoms. The van der Waals surface area contributed by atoms with Gasteiger partial charge in [-0.15, -0.1) is 0 Å². The van der Waals surface area contributed by atoms with E-state index in [4.69, 9.17) is 17.3 Å². The van der Waals surface area contributed by atoms with Crippen molar-refractivity contribution in [1.29, 1.82) is 0 Å². The Bertz CT molecular complexity index is 487. The van der Waals surface area contributed by atoms with E-state index in [9.17, 15) is 5.11 Å². The molecule has 0 saturated carbocycles. The molecule has 16 heavy (non-hydrogen) atoms. The lowest BCUT2D eigenvalue weighted by molar-refractivity contribution is 0.215. The van der Waals surface area contributed by atoms with Crippen molar-refractivity contribution < 1.29 is 5.11 Å². The van der Waals surface area contributed by atoms with Gasteiger partial charge in [-0.2, -0.15) is 0 Å². The molecule has 5 heteroatoms. The Morgan fingerprint density at radius 2 is 2.06 bits per heavy atom. The number of rotatable bonds is 2. The highest BCUT2D eigenvalue weighted by molar-refractivity contribution is 6.30. The summed E-state index contributed by atoms with van der Waals surface area (Å²) in [5, 5.41) is 10.6. The van der Waals surface area contributed by atoms with Gasteiger partial charge in [0.2, 0.25) is 0 Å². The number of aromatic nitrogens is 2. The lowest BCUT2D eigenvalue weighted by Gasteiger charge is -2.11. The van der Waals surface area contributed by atoms with Crippen LogP contribution < -0.4 is 5.73 Å². The molecule has 2 aromatic heterocycles. The first kappa shape index (κ1) is 10.9. The second kappa shape index (κ2) is 4.47. The molecule has 0 saturated heterocycles. The highest BCUT2D eigenvalue weighted by atomic mass is 35.5. The van der Waals surface area contributed by atoms with Crippen molar-refractivity contribution in [3.8, 4) is 0 Å². The average Bonchev–Trinajstić information content (AvgIpc) is 2.30. The zero-order valence-electron chi connectivity index (χ0n) is 8.34. The van der Waals surface area contributed by atoms with Crippen molar-refractivity contribution in [2.45, 2.75) is 6.10 Å². The highest BCUT2D eigenvalue weighted by Crippen LogP contribution is 2.24. The summed E-state index contributed by atoms with van der Waals surface area (Å²) in [6.07, 6.45) is 3.69. The molecule has 82 valence electrons. The highest BCUT2D eigenvalue weighted by Gasteiger charge is 2.14. The minimum absolute atomic E-state index is 0.485. The standard InChI is InChI=1S/C11H10ClN3O/c12-7-1-2-10(15-5-7)11(16)8-6-14-4-3-9(8)13/h1-6,11,16H,(H2,13,14). The first-order valence-corrected chi connectivity index (χ1v) is 5.05. The van der Waals surface area contributed by atoms with Crippen LogP contribution in [0, 0.1) is 0 Å². The van der Waals surface area contributed by atoms with Gasteiger partial charge < -0.3 is 10.8 Å². The number of nitrogens with two attached hydrogens (primary N) is 1. The van der Waals surface area contributed by atoms with Crippen molar-refractivity contribution in [2.24, 2.45) is 0 Å². The summed E-state index contributed by atoms with van der Waals surface area (Å²) in [6, 6.07) is 4.95. The van der Waals surface area contributed by atoms with Crippen molar-refractivity contribution in [1.82, 2.24) is 9.97 Å². The van der Waals surface area contributed by atoms with E-state index in [-0.39, 0.29) is 0 Å². The van der Waals surface area contributed by atoms with E-state index in [1.54, 1.807) is 24.4 Å². The molecule has 0 aliphatic rings. The molecule has 3 N–H and O–H groups in total. The lowest BCUT2D eigenvalue weighted by Crippen LogP contribution is -2.05. The summed E-state index contributed by atoms with van der Waals surface area (Å²) in [5.41, 5.74) is 7.25. The average molecular weight is 236 g/mol. The molecule has 2 heterocycles. The van der Waals surface area contributed by atoms with Gasteiger partial charge in [0.1, 0.15) is 6.10 Å². The molecule has 0 spiro atoms. The summed E-state index contributed by atoms with van der Waals surface area (Å²) in [7, 11) is 0. The number of pyridine rings is 2. The second-order valence-corrected chi connectivity index (χ2v) is 3.74. The van der Waals surface area contributed by atoms with Crippen molar-refractivity contribution in [3.05, 3.63) is 53.1 Å². The number of aliphatic hydroxyl groups is 1. The number of nitrogens with zero attached hydrogens (tertiary/aromatic N) is 2. The minimum Gasteiger partial charge on any atom is -0.398 e. The molecule has 2 rings (SSSR count). The van der Waals surface area contributed by atoms with Crippen LogP contribution in [0.3, 0.4) is 0 Å². The van der Waals surface area contributed by atoms with E-state index < -0.39 is 6.10 Å². The van der Waals surface area contributed by atoms with Gasteiger partial charge in [-0.25, -0.2) is 0 Å².